The fourth-order valence-corrected chi connectivity index (χ4v) is 2.78. The van der Waals surface area contributed by atoms with Crippen molar-refractivity contribution in [1.82, 2.24) is 9.55 Å². The average molecular weight is 321 g/mol. The van der Waals surface area contributed by atoms with Gasteiger partial charge in [-0.3, -0.25) is 9.78 Å². The minimum absolute atomic E-state index is 0.292. The molecular weight excluding hydrogens is 306 g/mol. The third-order valence-electron chi connectivity index (χ3n) is 3.15. The van der Waals surface area contributed by atoms with Crippen LogP contribution in [-0.2, 0) is 11.3 Å². The molecule has 0 bridgehead atoms. The Morgan fingerprint density at radius 2 is 2.00 bits per heavy atom. The number of carbonyl (C=O) groups excluding carboxylic acids is 1. The minimum atomic E-state index is -0.292. The molecule has 1 aromatic carbocycles. The molecule has 0 aliphatic heterocycles. The summed E-state index contributed by atoms with van der Waals surface area (Å²) in [6, 6.07) is 15.6. The molecule has 0 saturated carbocycles. The summed E-state index contributed by atoms with van der Waals surface area (Å²) in [5.74, 6) is -0.292. The van der Waals surface area contributed by atoms with E-state index in [0.29, 0.717) is 11.3 Å². The lowest BCUT2D eigenvalue weighted by atomic mass is 10.2. The van der Waals surface area contributed by atoms with Crippen LogP contribution in [0.1, 0.15) is 11.3 Å². The number of aromatic nitrogens is 2. The molecule has 114 valence electrons. The largest absolute Gasteiger partial charge is 0.319 e. The van der Waals surface area contributed by atoms with E-state index in [0.717, 1.165) is 5.69 Å². The molecule has 0 spiro atoms. The van der Waals surface area contributed by atoms with Crippen molar-refractivity contribution in [3.8, 4) is 0 Å². The summed E-state index contributed by atoms with van der Waals surface area (Å²) in [6.45, 7) is 0.695. The van der Waals surface area contributed by atoms with Crippen molar-refractivity contribution in [1.29, 1.82) is 0 Å². The second-order valence-corrected chi connectivity index (χ2v) is 5.71. The maximum absolute atomic E-state index is 12.0. The highest BCUT2D eigenvalue weighted by atomic mass is 32.1. The molecule has 4 nitrogen and oxygen atoms in total. The summed E-state index contributed by atoms with van der Waals surface area (Å²) in [5.41, 5.74) is 1.91. The Balaban J connectivity index is 1.77. The monoisotopic (exact) mass is 321 g/mol. The Hall–Kier alpha value is -2.79. The molecular formula is C18H15N3OS. The second-order valence-electron chi connectivity index (χ2n) is 4.84. The first kappa shape index (κ1) is 15.1. The van der Waals surface area contributed by atoms with E-state index in [1.807, 2.05) is 52.5 Å². The van der Waals surface area contributed by atoms with Gasteiger partial charge in [-0.1, -0.05) is 36.4 Å². The van der Waals surface area contributed by atoms with Crippen molar-refractivity contribution in [3.05, 3.63) is 88.4 Å². The van der Waals surface area contributed by atoms with E-state index in [-0.39, 0.29) is 5.91 Å². The fraction of sp³-hybridized carbons (Fsp3) is 0.0556. The van der Waals surface area contributed by atoms with Crippen molar-refractivity contribution in [2.45, 2.75) is 6.54 Å². The highest BCUT2D eigenvalue weighted by Crippen LogP contribution is 2.02. The number of thiazole rings is 1. The van der Waals surface area contributed by atoms with Gasteiger partial charge in [-0.15, -0.1) is 11.3 Å². The maximum Gasteiger partial charge on any atom is 0.272 e. The van der Waals surface area contributed by atoms with E-state index in [4.69, 9.17) is 0 Å². The molecule has 0 fully saturated rings. The Morgan fingerprint density at radius 1 is 1.17 bits per heavy atom. The van der Waals surface area contributed by atoms with Crippen molar-refractivity contribution >= 4 is 23.3 Å². The predicted octanol–water partition coefficient (Wildman–Crippen LogP) is 3.13. The summed E-state index contributed by atoms with van der Waals surface area (Å²) in [5, 5.41) is 1.93. The lowest BCUT2D eigenvalue weighted by Crippen LogP contribution is -2.16. The zero-order chi connectivity index (χ0) is 15.9. The van der Waals surface area contributed by atoms with Crippen molar-refractivity contribution in [2.75, 3.05) is 0 Å². The van der Waals surface area contributed by atoms with Crippen LogP contribution in [0.2, 0.25) is 0 Å². The van der Waals surface area contributed by atoms with E-state index in [1.54, 1.807) is 12.3 Å². The van der Waals surface area contributed by atoms with Crippen LogP contribution in [0.4, 0.5) is 0 Å². The summed E-state index contributed by atoms with van der Waals surface area (Å²) >= 11 is 1.44. The Labute approximate surface area is 138 Å². The zero-order valence-electron chi connectivity index (χ0n) is 12.4. The summed E-state index contributed by atoms with van der Waals surface area (Å²) in [7, 11) is 0. The van der Waals surface area contributed by atoms with E-state index < -0.39 is 0 Å². The van der Waals surface area contributed by atoms with Crippen molar-refractivity contribution in [2.24, 2.45) is 4.99 Å². The molecule has 1 amide bonds. The molecule has 0 aliphatic rings. The first-order valence-corrected chi connectivity index (χ1v) is 8.05. The number of hydrogen-bond donors (Lipinski definition) is 0. The summed E-state index contributed by atoms with van der Waals surface area (Å²) < 4.78 is 1.96. The quantitative estimate of drug-likeness (QED) is 0.693. The molecule has 0 radical (unpaired) electrons. The molecule has 0 unspecified atom stereocenters. The van der Waals surface area contributed by atoms with E-state index in [9.17, 15) is 4.79 Å². The molecule has 0 N–H and O–H groups in total. The van der Waals surface area contributed by atoms with Gasteiger partial charge in [-0.25, -0.2) is 0 Å². The molecule has 23 heavy (non-hydrogen) atoms. The van der Waals surface area contributed by atoms with Crippen LogP contribution >= 0.6 is 11.3 Å². The van der Waals surface area contributed by atoms with Gasteiger partial charge in [0.1, 0.15) is 0 Å². The van der Waals surface area contributed by atoms with E-state index in [2.05, 4.69) is 22.1 Å². The Morgan fingerprint density at radius 3 is 2.78 bits per heavy atom. The lowest BCUT2D eigenvalue weighted by Gasteiger charge is -2.02. The van der Waals surface area contributed by atoms with E-state index >= 15 is 0 Å². The number of hydrogen-bond acceptors (Lipinski definition) is 3. The highest BCUT2D eigenvalue weighted by Gasteiger charge is 1.99. The molecule has 2 aromatic heterocycles. The molecule has 3 rings (SSSR count). The van der Waals surface area contributed by atoms with Crippen LogP contribution in [0.5, 0.6) is 0 Å². The third-order valence-corrected chi connectivity index (χ3v) is 3.94. The summed E-state index contributed by atoms with van der Waals surface area (Å²) in [4.78, 5) is 21.0. The molecule has 2 heterocycles. The number of pyridine rings is 1. The van der Waals surface area contributed by atoms with Crippen LogP contribution in [-0.4, -0.2) is 15.5 Å². The topological polar surface area (TPSA) is 47.2 Å². The minimum Gasteiger partial charge on any atom is -0.319 e. The smallest absolute Gasteiger partial charge is 0.272 e. The van der Waals surface area contributed by atoms with Crippen molar-refractivity contribution in [3.63, 3.8) is 0 Å². The summed E-state index contributed by atoms with van der Waals surface area (Å²) in [6.07, 6.45) is 6.73. The second kappa shape index (κ2) is 7.47. The Kier molecular flexibility index (Phi) is 4.91. The first-order valence-electron chi connectivity index (χ1n) is 7.17. The number of carbonyl (C=O) groups is 1. The Bertz CT molecular complexity index is 864. The number of amides is 1. The zero-order valence-corrected chi connectivity index (χ0v) is 13.2. The number of benzene rings is 1. The lowest BCUT2D eigenvalue weighted by molar-refractivity contribution is -0.113. The first-order chi connectivity index (χ1) is 11.3. The molecule has 0 aliphatic carbocycles. The average Bonchev–Trinajstić information content (AvgIpc) is 3.02. The van der Waals surface area contributed by atoms with Gasteiger partial charge in [-0.05, 0) is 23.8 Å². The maximum atomic E-state index is 12.0. The van der Waals surface area contributed by atoms with Gasteiger partial charge < -0.3 is 4.57 Å². The van der Waals surface area contributed by atoms with Gasteiger partial charge in [0.25, 0.3) is 5.91 Å². The van der Waals surface area contributed by atoms with Crippen LogP contribution in [0, 0.1) is 0 Å². The van der Waals surface area contributed by atoms with Gasteiger partial charge in [0.15, 0.2) is 4.80 Å². The molecule has 0 saturated heterocycles. The highest BCUT2D eigenvalue weighted by molar-refractivity contribution is 7.07. The molecule has 0 atom stereocenters. The molecule has 5 heteroatoms. The van der Waals surface area contributed by atoms with E-state index in [1.165, 1.54) is 23.0 Å². The van der Waals surface area contributed by atoms with Crippen LogP contribution in [0.15, 0.2) is 77.4 Å². The van der Waals surface area contributed by atoms with Gasteiger partial charge in [0.05, 0.1) is 5.69 Å². The van der Waals surface area contributed by atoms with Gasteiger partial charge in [-0.2, -0.15) is 4.99 Å². The predicted molar refractivity (Wildman–Crippen MR) is 91.7 cm³/mol. The standard InChI is InChI=1S/C18H15N3OS/c22-17(10-9-16-8-4-5-11-19-16)20-18-21(12-13-23-18)14-15-6-2-1-3-7-15/h1-13H,14H2. The van der Waals surface area contributed by atoms with Gasteiger partial charge in [0, 0.05) is 30.4 Å². The van der Waals surface area contributed by atoms with Crippen LogP contribution in [0.3, 0.4) is 0 Å². The number of rotatable bonds is 4. The van der Waals surface area contributed by atoms with Gasteiger partial charge in [0.2, 0.25) is 0 Å². The fourth-order valence-electron chi connectivity index (χ4n) is 2.05. The van der Waals surface area contributed by atoms with Crippen LogP contribution in [0.25, 0.3) is 6.08 Å². The van der Waals surface area contributed by atoms with Gasteiger partial charge >= 0.3 is 0 Å². The third kappa shape index (κ3) is 4.34. The van der Waals surface area contributed by atoms with Crippen molar-refractivity contribution < 1.29 is 4.79 Å². The van der Waals surface area contributed by atoms with Crippen LogP contribution < -0.4 is 4.80 Å². The SMILES string of the molecule is O=C(C=Cc1ccccn1)N=c1sccn1Cc1ccccc1. The normalized spacial score (nSPS) is 11.9. The molecule has 3 aromatic rings. The number of nitrogens with zero attached hydrogens (tertiary/aromatic N) is 3.